The topological polar surface area (TPSA) is 72.2 Å². The van der Waals surface area contributed by atoms with Crippen LogP contribution in [0.15, 0.2) is 83.2 Å². The first-order valence-corrected chi connectivity index (χ1v) is 9.68. The van der Waals surface area contributed by atoms with E-state index in [1.807, 2.05) is 32.1 Å². The molecule has 2 aliphatic rings. The monoisotopic (exact) mass is 396 g/mol. The maximum Gasteiger partial charge on any atom is 0.195 e. The number of ketones is 2. The quantitative estimate of drug-likeness (QED) is 0.434. The maximum absolute atomic E-state index is 13.4. The second-order valence-corrected chi connectivity index (χ2v) is 7.27. The van der Waals surface area contributed by atoms with Crippen LogP contribution in [0.5, 0.6) is 0 Å². The van der Waals surface area contributed by atoms with Gasteiger partial charge in [-0.05, 0) is 61.3 Å². The fourth-order valence-electron chi connectivity index (χ4n) is 3.64. The van der Waals surface area contributed by atoms with Gasteiger partial charge in [-0.15, -0.1) is 6.42 Å². The lowest BCUT2D eigenvalue weighted by molar-refractivity contribution is -0.115. The van der Waals surface area contributed by atoms with Crippen LogP contribution in [-0.4, -0.2) is 11.6 Å². The molecule has 0 saturated carbocycles. The summed E-state index contributed by atoms with van der Waals surface area (Å²) in [7, 11) is 0. The number of Topliss-reactive ketones (excluding diaryl/α,β-unsaturated/α-hetero) is 2. The van der Waals surface area contributed by atoms with E-state index in [-0.39, 0.29) is 18.0 Å². The molecular weight excluding hydrogens is 372 g/mol. The average molecular weight is 396 g/mol. The van der Waals surface area contributed by atoms with Gasteiger partial charge < -0.3 is 11.1 Å². The Morgan fingerprint density at radius 3 is 2.73 bits per heavy atom. The van der Waals surface area contributed by atoms with Crippen molar-refractivity contribution in [2.75, 3.05) is 11.1 Å². The number of nitrogens with one attached hydrogen (secondary N) is 1. The van der Waals surface area contributed by atoms with Crippen molar-refractivity contribution in [2.45, 2.75) is 26.7 Å². The number of fused-ring (bicyclic) bond motifs is 1. The van der Waals surface area contributed by atoms with Crippen LogP contribution in [0, 0.1) is 12.3 Å². The Morgan fingerprint density at radius 2 is 2.03 bits per heavy atom. The van der Waals surface area contributed by atoms with E-state index in [0.29, 0.717) is 40.1 Å². The molecule has 4 nitrogen and oxygen atoms in total. The van der Waals surface area contributed by atoms with Gasteiger partial charge in [0.15, 0.2) is 11.6 Å². The molecule has 1 aromatic rings. The fraction of sp³-hybridized carbons (Fsp3) is 0.154. The lowest BCUT2D eigenvalue weighted by Gasteiger charge is -2.17. The number of rotatable bonds is 4. The van der Waals surface area contributed by atoms with Crippen molar-refractivity contribution in [3.8, 4) is 12.3 Å². The van der Waals surface area contributed by atoms with Crippen LogP contribution in [0.3, 0.4) is 0 Å². The molecule has 0 unspecified atom stereocenters. The number of benzene rings is 1. The Hall–Kier alpha value is -3.84. The fourth-order valence-corrected chi connectivity index (χ4v) is 3.64. The predicted octanol–water partition coefficient (Wildman–Crippen LogP) is 4.84. The van der Waals surface area contributed by atoms with Gasteiger partial charge in [-0.3, -0.25) is 9.59 Å². The summed E-state index contributed by atoms with van der Waals surface area (Å²) >= 11 is 0. The summed E-state index contributed by atoms with van der Waals surface area (Å²) in [5.74, 6) is 2.29. The number of nitrogen functional groups attached to an aromatic ring is 1. The van der Waals surface area contributed by atoms with Crippen LogP contribution >= 0.6 is 0 Å². The second kappa shape index (κ2) is 8.67. The van der Waals surface area contributed by atoms with Crippen LogP contribution in [-0.2, 0) is 11.2 Å². The first kappa shape index (κ1) is 20.9. The highest BCUT2D eigenvalue weighted by Gasteiger charge is 2.30. The summed E-state index contributed by atoms with van der Waals surface area (Å²) in [6, 6.07) is 3.47. The zero-order chi connectivity index (χ0) is 21.8. The van der Waals surface area contributed by atoms with E-state index in [9.17, 15) is 9.59 Å². The van der Waals surface area contributed by atoms with Crippen LogP contribution in [0.25, 0.3) is 0 Å². The number of anilines is 2. The summed E-state index contributed by atoms with van der Waals surface area (Å²) in [6.45, 7) is 7.63. The number of hydrogen-bond donors (Lipinski definition) is 2. The van der Waals surface area contributed by atoms with Crippen molar-refractivity contribution >= 4 is 22.9 Å². The summed E-state index contributed by atoms with van der Waals surface area (Å²) in [6.07, 6.45) is 16.7. The highest BCUT2D eigenvalue weighted by Crippen LogP contribution is 2.35. The molecule has 0 bridgehead atoms. The molecule has 1 aromatic carbocycles. The first-order valence-electron chi connectivity index (χ1n) is 9.68. The van der Waals surface area contributed by atoms with Gasteiger partial charge in [-0.1, -0.05) is 36.8 Å². The van der Waals surface area contributed by atoms with Gasteiger partial charge in [0, 0.05) is 34.6 Å². The summed E-state index contributed by atoms with van der Waals surface area (Å²) < 4.78 is 0. The lowest BCUT2D eigenvalue weighted by atomic mass is 9.95. The smallest absolute Gasteiger partial charge is 0.195 e. The molecule has 0 radical (unpaired) electrons. The molecule has 0 fully saturated rings. The Morgan fingerprint density at radius 1 is 1.27 bits per heavy atom. The lowest BCUT2D eigenvalue weighted by Crippen LogP contribution is -2.12. The summed E-state index contributed by atoms with van der Waals surface area (Å²) in [4.78, 5) is 26.4. The van der Waals surface area contributed by atoms with Crippen LogP contribution in [0.1, 0.15) is 36.2 Å². The summed E-state index contributed by atoms with van der Waals surface area (Å²) in [5, 5.41) is 3.31. The molecule has 0 saturated heterocycles. The van der Waals surface area contributed by atoms with E-state index in [2.05, 4.69) is 17.8 Å². The minimum absolute atomic E-state index is 0.0779. The van der Waals surface area contributed by atoms with E-state index in [4.69, 9.17) is 12.2 Å². The molecule has 2 aliphatic carbocycles. The third kappa shape index (κ3) is 3.97. The number of hydrogen-bond acceptors (Lipinski definition) is 4. The van der Waals surface area contributed by atoms with Crippen LogP contribution in [0.4, 0.5) is 11.4 Å². The molecule has 0 amide bonds. The van der Waals surface area contributed by atoms with Gasteiger partial charge in [-0.2, -0.15) is 0 Å². The third-order valence-electron chi connectivity index (χ3n) is 5.21. The van der Waals surface area contributed by atoms with Gasteiger partial charge in [0.05, 0.1) is 5.56 Å². The standard InChI is InChI=1S/C26H24N2O2/c1-5-16(3)14-17(4)22(6-2)28-23-13-12-21(27)25-20(23)15-24(29)18-10-8-7-9-11-19(18)26(25)30/h1,6-9,11-14,28H,2,10,15,27H2,3-4H3/b16-14-,22-17+. The zero-order valence-corrected chi connectivity index (χ0v) is 17.2. The molecular formula is C26H24N2O2. The van der Waals surface area contributed by atoms with Crippen molar-refractivity contribution < 1.29 is 9.59 Å². The molecule has 30 heavy (non-hydrogen) atoms. The number of carbonyl (C=O) groups excluding carboxylic acids is 2. The second-order valence-electron chi connectivity index (χ2n) is 7.27. The zero-order valence-electron chi connectivity index (χ0n) is 17.2. The highest BCUT2D eigenvalue weighted by molar-refractivity contribution is 6.22. The minimum Gasteiger partial charge on any atom is -0.398 e. The van der Waals surface area contributed by atoms with E-state index < -0.39 is 0 Å². The summed E-state index contributed by atoms with van der Waals surface area (Å²) in [5.41, 5.74) is 11.5. The Labute approximate surface area is 177 Å². The molecule has 3 N–H and O–H groups in total. The predicted molar refractivity (Wildman–Crippen MR) is 123 cm³/mol. The van der Waals surface area contributed by atoms with Gasteiger partial charge in [0.25, 0.3) is 0 Å². The first-order chi connectivity index (χ1) is 14.4. The Kier molecular flexibility index (Phi) is 6.03. The van der Waals surface area contributed by atoms with Crippen molar-refractivity contribution in [1.82, 2.24) is 0 Å². The molecule has 0 aromatic heterocycles. The molecule has 0 heterocycles. The van der Waals surface area contributed by atoms with Crippen molar-refractivity contribution in [3.05, 3.63) is 94.3 Å². The van der Waals surface area contributed by atoms with Gasteiger partial charge >= 0.3 is 0 Å². The van der Waals surface area contributed by atoms with Gasteiger partial charge in [0.2, 0.25) is 0 Å². The third-order valence-corrected chi connectivity index (χ3v) is 5.21. The Balaban J connectivity index is 2.13. The number of nitrogens with two attached hydrogens (primary N) is 1. The van der Waals surface area contributed by atoms with Crippen LogP contribution < -0.4 is 11.1 Å². The Bertz CT molecular complexity index is 1150. The minimum atomic E-state index is -0.226. The normalized spacial score (nSPS) is 16.8. The van der Waals surface area contributed by atoms with E-state index in [1.54, 1.807) is 30.4 Å². The van der Waals surface area contributed by atoms with E-state index in [1.165, 1.54) is 0 Å². The molecule has 0 atom stereocenters. The van der Waals surface area contributed by atoms with Crippen molar-refractivity contribution in [2.24, 2.45) is 0 Å². The van der Waals surface area contributed by atoms with E-state index >= 15 is 0 Å². The molecule has 0 aliphatic heterocycles. The van der Waals surface area contributed by atoms with Crippen molar-refractivity contribution in [1.29, 1.82) is 0 Å². The average Bonchev–Trinajstić information content (AvgIpc) is 3.03. The molecule has 150 valence electrons. The molecule has 0 spiro atoms. The van der Waals surface area contributed by atoms with Gasteiger partial charge in [-0.25, -0.2) is 0 Å². The van der Waals surface area contributed by atoms with Gasteiger partial charge in [0.1, 0.15) is 0 Å². The van der Waals surface area contributed by atoms with E-state index in [0.717, 1.165) is 16.8 Å². The molecule has 3 rings (SSSR count). The highest BCUT2D eigenvalue weighted by atomic mass is 16.1. The number of allylic oxidation sites excluding steroid dienone is 10. The van der Waals surface area contributed by atoms with Crippen molar-refractivity contribution in [3.63, 3.8) is 0 Å². The SMILES string of the molecule is C#C/C(C)=C\C(C)=C(/C=C)Nc1ccc(N)c2c1CC(=O)C1=C(C=CC=CC1)C2=O. The largest absolute Gasteiger partial charge is 0.398 e. The number of carbonyl (C=O) groups is 2. The maximum atomic E-state index is 13.4. The molecule has 4 heteroatoms. The van der Waals surface area contributed by atoms with Crippen LogP contribution in [0.2, 0.25) is 0 Å². The number of terminal acetylenes is 1.